The summed E-state index contributed by atoms with van der Waals surface area (Å²) in [5, 5.41) is 9.31. The molecule has 0 aliphatic heterocycles. The van der Waals surface area contributed by atoms with Crippen LogP contribution in [0.1, 0.15) is 32.8 Å². The zero-order valence-corrected chi connectivity index (χ0v) is 15.8. The number of nitrogens with zero attached hydrogens (tertiary/aromatic N) is 1. The number of fused-ring (bicyclic) bond motifs is 1. The van der Waals surface area contributed by atoms with Crippen molar-refractivity contribution < 1.29 is 4.79 Å². The molecule has 0 fully saturated rings. The smallest absolute Gasteiger partial charge is 0.315 e. The maximum absolute atomic E-state index is 12.2. The number of benzene rings is 1. The van der Waals surface area contributed by atoms with E-state index in [1.165, 1.54) is 27.0 Å². The van der Waals surface area contributed by atoms with Crippen LogP contribution in [-0.2, 0) is 13.1 Å². The van der Waals surface area contributed by atoms with Crippen molar-refractivity contribution in [2.45, 2.75) is 46.3 Å². The lowest BCUT2D eigenvalue weighted by atomic mass is 10.1. The second kappa shape index (κ2) is 7.74. The first kappa shape index (κ1) is 17.5. The lowest BCUT2D eigenvalue weighted by Gasteiger charge is -2.13. The van der Waals surface area contributed by atoms with E-state index in [2.05, 4.69) is 70.8 Å². The largest absolute Gasteiger partial charge is 0.340 e. The van der Waals surface area contributed by atoms with E-state index in [0.29, 0.717) is 6.54 Å². The second-order valence-electron chi connectivity index (χ2n) is 6.20. The Balaban J connectivity index is 1.98. The summed E-state index contributed by atoms with van der Waals surface area (Å²) >= 11 is 1.73. The average molecular weight is 356 g/mol. The van der Waals surface area contributed by atoms with Crippen molar-refractivity contribution in [2.75, 3.05) is 0 Å². The molecular weight excluding hydrogens is 330 g/mol. The fraction of sp³-hybridized carbons (Fsp3) is 0.350. The van der Waals surface area contributed by atoms with Gasteiger partial charge in [-0.15, -0.1) is 11.3 Å². The predicted octanol–water partition coefficient (Wildman–Crippen LogP) is 4.99. The number of urea groups is 1. The van der Waals surface area contributed by atoms with Crippen molar-refractivity contribution in [2.24, 2.45) is 0 Å². The number of carbonyl (C=O) groups excluding carboxylic acids is 1. The summed E-state index contributed by atoms with van der Waals surface area (Å²) < 4.78 is 2.34. The molecule has 2 aromatic heterocycles. The summed E-state index contributed by atoms with van der Waals surface area (Å²) in [6, 6.07) is 12.7. The van der Waals surface area contributed by atoms with Crippen LogP contribution < -0.4 is 10.6 Å². The van der Waals surface area contributed by atoms with E-state index in [9.17, 15) is 4.79 Å². The third-order valence-electron chi connectivity index (χ3n) is 4.56. The van der Waals surface area contributed by atoms with Crippen molar-refractivity contribution in [3.63, 3.8) is 0 Å². The van der Waals surface area contributed by atoms with Gasteiger partial charge in [0.05, 0.1) is 10.6 Å². The normalized spacial score (nSPS) is 12.3. The highest BCUT2D eigenvalue weighted by molar-refractivity contribution is 7.13. The van der Waals surface area contributed by atoms with E-state index in [-0.39, 0.29) is 12.1 Å². The van der Waals surface area contributed by atoms with Crippen molar-refractivity contribution >= 4 is 28.3 Å². The number of nitrogens with one attached hydrogen (secondary N) is 2. The zero-order valence-electron chi connectivity index (χ0n) is 15.0. The summed E-state index contributed by atoms with van der Waals surface area (Å²) in [5.41, 5.74) is 3.61. The molecule has 2 amide bonds. The van der Waals surface area contributed by atoms with E-state index >= 15 is 0 Å². The van der Waals surface area contributed by atoms with Gasteiger partial charge in [0.25, 0.3) is 0 Å². The average Bonchev–Trinajstić information content (AvgIpc) is 3.25. The Kier molecular flexibility index (Phi) is 5.43. The number of hydrogen-bond acceptors (Lipinski definition) is 2. The van der Waals surface area contributed by atoms with Gasteiger partial charge < -0.3 is 15.2 Å². The van der Waals surface area contributed by atoms with Crippen LogP contribution in [0.4, 0.5) is 4.79 Å². The zero-order chi connectivity index (χ0) is 17.8. The SMILES string of the molecule is CCC(C)NC(=O)NCc1c(-c2cccs2)n(CC)c2ccccc12. The Morgan fingerprint density at radius 2 is 2.00 bits per heavy atom. The number of thiophene rings is 1. The Morgan fingerprint density at radius 3 is 2.68 bits per heavy atom. The third kappa shape index (κ3) is 3.56. The maximum Gasteiger partial charge on any atom is 0.315 e. The topological polar surface area (TPSA) is 46.1 Å². The monoisotopic (exact) mass is 355 g/mol. The van der Waals surface area contributed by atoms with Crippen LogP contribution >= 0.6 is 11.3 Å². The fourth-order valence-electron chi connectivity index (χ4n) is 3.12. The summed E-state index contributed by atoms with van der Waals surface area (Å²) in [6.45, 7) is 7.65. The second-order valence-corrected chi connectivity index (χ2v) is 7.15. The lowest BCUT2D eigenvalue weighted by Crippen LogP contribution is -2.40. The van der Waals surface area contributed by atoms with E-state index < -0.39 is 0 Å². The number of hydrogen-bond donors (Lipinski definition) is 2. The standard InChI is InChI=1S/C20H25N3OS/c1-4-14(3)22-20(24)21-13-16-15-9-6-7-10-17(15)23(5-2)19(16)18-11-8-12-25-18/h6-12,14H,4-5,13H2,1-3H3,(H2,21,22,24). The van der Waals surface area contributed by atoms with Crippen LogP contribution in [0.5, 0.6) is 0 Å². The van der Waals surface area contributed by atoms with Gasteiger partial charge in [0.1, 0.15) is 0 Å². The molecule has 3 aromatic rings. The van der Waals surface area contributed by atoms with Crippen molar-refractivity contribution in [1.82, 2.24) is 15.2 Å². The third-order valence-corrected chi connectivity index (χ3v) is 5.44. The molecule has 25 heavy (non-hydrogen) atoms. The molecule has 0 aliphatic rings. The van der Waals surface area contributed by atoms with Crippen LogP contribution in [0.25, 0.3) is 21.5 Å². The van der Waals surface area contributed by atoms with Crippen LogP contribution in [0.2, 0.25) is 0 Å². The van der Waals surface area contributed by atoms with Gasteiger partial charge in [-0.25, -0.2) is 4.79 Å². The summed E-state index contributed by atoms with van der Waals surface area (Å²) in [6.07, 6.45) is 0.920. The maximum atomic E-state index is 12.2. The molecule has 0 bridgehead atoms. The Bertz CT molecular complexity index is 851. The van der Waals surface area contributed by atoms with Gasteiger partial charge in [-0.1, -0.05) is 31.2 Å². The molecule has 0 aliphatic carbocycles. The van der Waals surface area contributed by atoms with Crippen LogP contribution in [-0.4, -0.2) is 16.6 Å². The van der Waals surface area contributed by atoms with Gasteiger partial charge in [0.15, 0.2) is 0 Å². The number of amides is 2. The Hall–Kier alpha value is -2.27. The molecule has 0 saturated heterocycles. The van der Waals surface area contributed by atoms with Crippen LogP contribution in [0.3, 0.4) is 0 Å². The molecule has 0 spiro atoms. The number of para-hydroxylation sites is 1. The molecule has 4 nitrogen and oxygen atoms in total. The number of aryl methyl sites for hydroxylation is 1. The van der Waals surface area contributed by atoms with Gasteiger partial charge in [-0.05, 0) is 37.8 Å². The molecule has 2 N–H and O–H groups in total. The molecule has 132 valence electrons. The summed E-state index contributed by atoms with van der Waals surface area (Å²) in [5.74, 6) is 0. The van der Waals surface area contributed by atoms with Crippen molar-refractivity contribution in [3.8, 4) is 10.6 Å². The van der Waals surface area contributed by atoms with E-state index in [4.69, 9.17) is 0 Å². The van der Waals surface area contributed by atoms with E-state index in [1.54, 1.807) is 11.3 Å². The van der Waals surface area contributed by atoms with Gasteiger partial charge in [0, 0.05) is 35.6 Å². The molecule has 0 radical (unpaired) electrons. The van der Waals surface area contributed by atoms with Gasteiger partial charge in [0.2, 0.25) is 0 Å². The molecule has 0 saturated carbocycles. The molecule has 3 rings (SSSR count). The van der Waals surface area contributed by atoms with Gasteiger partial charge in [-0.3, -0.25) is 0 Å². The first-order valence-electron chi connectivity index (χ1n) is 8.84. The molecule has 1 atom stereocenters. The van der Waals surface area contributed by atoms with Crippen LogP contribution in [0.15, 0.2) is 41.8 Å². The minimum absolute atomic E-state index is 0.111. The fourth-order valence-corrected chi connectivity index (χ4v) is 3.93. The van der Waals surface area contributed by atoms with Crippen molar-refractivity contribution in [3.05, 3.63) is 47.3 Å². The first-order chi connectivity index (χ1) is 12.2. The van der Waals surface area contributed by atoms with Crippen LogP contribution in [0, 0.1) is 0 Å². The molecule has 5 heteroatoms. The highest BCUT2D eigenvalue weighted by Gasteiger charge is 2.19. The Morgan fingerprint density at radius 1 is 1.20 bits per heavy atom. The first-order valence-corrected chi connectivity index (χ1v) is 9.72. The molecule has 2 heterocycles. The Labute approximate surface area is 152 Å². The minimum Gasteiger partial charge on any atom is -0.340 e. The number of carbonyl (C=O) groups is 1. The highest BCUT2D eigenvalue weighted by atomic mass is 32.1. The quantitative estimate of drug-likeness (QED) is 0.643. The highest BCUT2D eigenvalue weighted by Crippen LogP contribution is 2.36. The lowest BCUT2D eigenvalue weighted by molar-refractivity contribution is 0.237. The molecule has 1 unspecified atom stereocenters. The molecular formula is C20H25N3OS. The van der Waals surface area contributed by atoms with Gasteiger partial charge >= 0.3 is 6.03 Å². The van der Waals surface area contributed by atoms with E-state index in [0.717, 1.165) is 13.0 Å². The van der Waals surface area contributed by atoms with Crippen molar-refractivity contribution in [1.29, 1.82) is 0 Å². The minimum atomic E-state index is -0.111. The number of rotatable bonds is 6. The molecule has 1 aromatic carbocycles. The predicted molar refractivity (Wildman–Crippen MR) is 106 cm³/mol. The number of aromatic nitrogens is 1. The summed E-state index contributed by atoms with van der Waals surface area (Å²) in [4.78, 5) is 13.4. The summed E-state index contributed by atoms with van der Waals surface area (Å²) in [7, 11) is 0. The van der Waals surface area contributed by atoms with E-state index in [1.807, 2.05) is 6.92 Å². The van der Waals surface area contributed by atoms with Gasteiger partial charge in [-0.2, -0.15) is 0 Å².